The second-order valence-electron chi connectivity index (χ2n) is 5.33. The van der Waals surface area contributed by atoms with Gasteiger partial charge in [-0.1, -0.05) is 39.0 Å². The second kappa shape index (κ2) is 9.76. The smallest absolute Gasteiger partial charge is 0.123 e. The average Bonchev–Trinajstić information content (AvgIpc) is 2.46. The maximum absolute atomic E-state index is 13.3. The lowest BCUT2D eigenvalue weighted by atomic mass is 10.1. The van der Waals surface area contributed by atoms with E-state index in [1.54, 1.807) is 19.2 Å². The van der Waals surface area contributed by atoms with Crippen molar-refractivity contribution in [1.82, 2.24) is 5.32 Å². The first-order valence-electron chi connectivity index (χ1n) is 7.75. The third-order valence-electron chi connectivity index (χ3n) is 3.64. The maximum Gasteiger partial charge on any atom is 0.123 e. The maximum atomic E-state index is 13.3. The van der Waals surface area contributed by atoms with Crippen molar-refractivity contribution in [1.29, 1.82) is 0 Å². The van der Waals surface area contributed by atoms with Crippen molar-refractivity contribution >= 4 is 0 Å². The van der Waals surface area contributed by atoms with Gasteiger partial charge in [0.25, 0.3) is 0 Å². The van der Waals surface area contributed by atoms with Crippen LogP contribution >= 0.6 is 0 Å². The molecule has 1 atom stereocenters. The molecule has 0 radical (unpaired) electrons. The SMILES string of the molecule is CCCCCCCCNC(C)c1cc(F)ccc1OC. The van der Waals surface area contributed by atoms with Gasteiger partial charge in [-0.3, -0.25) is 0 Å². The number of halogens is 1. The number of ether oxygens (including phenoxy) is 1. The summed E-state index contributed by atoms with van der Waals surface area (Å²) in [6.45, 7) is 5.25. The summed E-state index contributed by atoms with van der Waals surface area (Å²) in [5.41, 5.74) is 0.887. The van der Waals surface area contributed by atoms with Gasteiger partial charge in [0.05, 0.1) is 7.11 Å². The molecule has 0 amide bonds. The van der Waals surface area contributed by atoms with Gasteiger partial charge in [-0.15, -0.1) is 0 Å². The number of unbranched alkanes of at least 4 members (excludes halogenated alkanes) is 5. The van der Waals surface area contributed by atoms with Crippen LogP contribution in [0.4, 0.5) is 4.39 Å². The minimum Gasteiger partial charge on any atom is -0.496 e. The Morgan fingerprint density at radius 2 is 1.85 bits per heavy atom. The van der Waals surface area contributed by atoms with E-state index in [-0.39, 0.29) is 11.9 Å². The van der Waals surface area contributed by atoms with Crippen LogP contribution in [0.3, 0.4) is 0 Å². The topological polar surface area (TPSA) is 21.3 Å². The minimum absolute atomic E-state index is 0.108. The molecule has 0 aliphatic heterocycles. The number of methoxy groups -OCH3 is 1. The molecule has 114 valence electrons. The number of nitrogens with one attached hydrogen (secondary N) is 1. The van der Waals surface area contributed by atoms with Gasteiger partial charge in [-0.25, -0.2) is 4.39 Å². The van der Waals surface area contributed by atoms with Crippen LogP contribution in [0.5, 0.6) is 5.75 Å². The molecular weight excluding hydrogens is 253 g/mol. The third-order valence-corrected chi connectivity index (χ3v) is 3.64. The van der Waals surface area contributed by atoms with E-state index < -0.39 is 0 Å². The molecule has 1 unspecified atom stereocenters. The first kappa shape index (κ1) is 17.0. The summed E-state index contributed by atoms with van der Waals surface area (Å²) in [6.07, 6.45) is 7.71. The Bertz CT molecular complexity index is 381. The molecule has 1 aromatic rings. The molecule has 20 heavy (non-hydrogen) atoms. The van der Waals surface area contributed by atoms with Crippen molar-refractivity contribution in [3.05, 3.63) is 29.6 Å². The standard InChI is InChI=1S/C17H28FNO/c1-4-5-6-7-8-9-12-19-14(2)16-13-15(18)10-11-17(16)20-3/h10-11,13-14,19H,4-9,12H2,1-3H3. The van der Waals surface area contributed by atoms with E-state index in [0.717, 1.165) is 17.9 Å². The predicted octanol–water partition coefficient (Wildman–Crippen LogP) is 4.85. The molecule has 1 rings (SSSR count). The zero-order valence-corrected chi connectivity index (χ0v) is 13.0. The molecule has 0 saturated heterocycles. The van der Waals surface area contributed by atoms with Crippen LogP contribution in [-0.4, -0.2) is 13.7 Å². The minimum atomic E-state index is -0.214. The molecule has 0 aromatic heterocycles. The van der Waals surface area contributed by atoms with Crippen LogP contribution in [0.2, 0.25) is 0 Å². The summed E-state index contributed by atoms with van der Waals surface area (Å²) in [5, 5.41) is 3.45. The lowest BCUT2D eigenvalue weighted by Gasteiger charge is -2.17. The molecule has 2 nitrogen and oxygen atoms in total. The van der Waals surface area contributed by atoms with Gasteiger partial charge in [0, 0.05) is 11.6 Å². The normalized spacial score (nSPS) is 12.4. The lowest BCUT2D eigenvalue weighted by Crippen LogP contribution is -2.20. The predicted molar refractivity (Wildman–Crippen MR) is 82.7 cm³/mol. The first-order valence-corrected chi connectivity index (χ1v) is 7.75. The number of benzene rings is 1. The Hall–Kier alpha value is -1.09. The average molecular weight is 281 g/mol. The van der Waals surface area contributed by atoms with Gasteiger partial charge in [0.1, 0.15) is 11.6 Å². The molecule has 0 heterocycles. The zero-order chi connectivity index (χ0) is 14.8. The van der Waals surface area contributed by atoms with Crippen molar-refractivity contribution in [2.24, 2.45) is 0 Å². The largest absolute Gasteiger partial charge is 0.496 e. The van der Waals surface area contributed by atoms with Gasteiger partial charge in [-0.05, 0) is 38.1 Å². The van der Waals surface area contributed by atoms with Gasteiger partial charge in [0.2, 0.25) is 0 Å². The molecule has 3 heteroatoms. The molecule has 1 N–H and O–H groups in total. The van der Waals surface area contributed by atoms with Gasteiger partial charge in [0.15, 0.2) is 0 Å². The van der Waals surface area contributed by atoms with Crippen LogP contribution in [-0.2, 0) is 0 Å². The Balaban J connectivity index is 2.32. The van der Waals surface area contributed by atoms with Crippen molar-refractivity contribution in [3.63, 3.8) is 0 Å². The fourth-order valence-corrected chi connectivity index (χ4v) is 2.38. The third kappa shape index (κ3) is 5.91. The summed E-state index contributed by atoms with van der Waals surface area (Å²) in [7, 11) is 1.62. The van der Waals surface area contributed by atoms with E-state index in [1.807, 2.05) is 6.92 Å². The van der Waals surface area contributed by atoms with E-state index in [0.29, 0.717) is 0 Å². The van der Waals surface area contributed by atoms with E-state index in [2.05, 4.69) is 12.2 Å². The zero-order valence-electron chi connectivity index (χ0n) is 13.0. The van der Waals surface area contributed by atoms with Crippen molar-refractivity contribution < 1.29 is 9.13 Å². The first-order chi connectivity index (χ1) is 9.69. The number of hydrogen-bond acceptors (Lipinski definition) is 2. The highest BCUT2D eigenvalue weighted by Crippen LogP contribution is 2.25. The molecule has 0 bridgehead atoms. The summed E-state index contributed by atoms with van der Waals surface area (Å²) < 4.78 is 18.6. The van der Waals surface area contributed by atoms with E-state index in [9.17, 15) is 4.39 Å². The molecular formula is C17H28FNO. The Labute approximate surface area is 122 Å². The summed E-state index contributed by atoms with van der Waals surface area (Å²) >= 11 is 0. The Kier molecular flexibility index (Phi) is 8.28. The second-order valence-corrected chi connectivity index (χ2v) is 5.33. The summed E-state index contributed by atoms with van der Waals surface area (Å²) in [5.74, 6) is 0.531. The van der Waals surface area contributed by atoms with Crippen molar-refractivity contribution in [3.8, 4) is 5.75 Å². The highest BCUT2D eigenvalue weighted by Gasteiger charge is 2.11. The van der Waals surface area contributed by atoms with Crippen LogP contribution in [0, 0.1) is 5.82 Å². The monoisotopic (exact) mass is 281 g/mol. The molecule has 0 fully saturated rings. The lowest BCUT2D eigenvalue weighted by molar-refractivity contribution is 0.399. The fourth-order valence-electron chi connectivity index (χ4n) is 2.38. The fraction of sp³-hybridized carbons (Fsp3) is 0.647. The van der Waals surface area contributed by atoms with Crippen molar-refractivity contribution in [2.45, 2.75) is 58.4 Å². The van der Waals surface area contributed by atoms with Gasteiger partial charge in [-0.2, -0.15) is 0 Å². The highest BCUT2D eigenvalue weighted by atomic mass is 19.1. The highest BCUT2D eigenvalue weighted by molar-refractivity contribution is 5.36. The van der Waals surface area contributed by atoms with E-state index >= 15 is 0 Å². The van der Waals surface area contributed by atoms with Crippen molar-refractivity contribution in [2.75, 3.05) is 13.7 Å². The van der Waals surface area contributed by atoms with E-state index in [1.165, 1.54) is 44.6 Å². The number of hydrogen-bond donors (Lipinski definition) is 1. The summed E-state index contributed by atoms with van der Waals surface area (Å²) in [4.78, 5) is 0. The van der Waals surface area contributed by atoms with E-state index in [4.69, 9.17) is 4.74 Å². The number of rotatable bonds is 10. The molecule has 0 spiro atoms. The Morgan fingerprint density at radius 3 is 2.55 bits per heavy atom. The quantitative estimate of drug-likeness (QED) is 0.619. The van der Waals surface area contributed by atoms with Crippen LogP contribution in [0.1, 0.15) is 64.0 Å². The summed E-state index contributed by atoms with van der Waals surface area (Å²) in [6, 6.07) is 4.78. The van der Waals surface area contributed by atoms with Gasteiger partial charge < -0.3 is 10.1 Å². The molecule has 0 saturated carbocycles. The Morgan fingerprint density at radius 1 is 1.15 bits per heavy atom. The molecule has 1 aromatic carbocycles. The van der Waals surface area contributed by atoms with Crippen LogP contribution in [0.15, 0.2) is 18.2 Å². The van der Waals surface area contributed by atoms with Gasteiger partial charge >= 0.3 is 0 Å². The molecule has 0 aliphatic rings. The van der Waals surface area contributed by atoms with Crippen LogP contribution < -0.4 is 10.1 Å². The molecule has 0 aliphatic carbocycles. The van der Waals surface area contributed by atoms with Crippen LogP contribution in [0.25, 0.3) is 0 Å².